The summed E-state index contributed by atoms with van der Waals surface area (Å²) < 4.78 is 27.3. The molecule has 1 nitrogen and oxygen atoms in total. The number of nitrogens with two attached hydrogens (primary N) is 1. The van der Waals surface area contributed by atoms with Gasteiger partial charge in [-0.1, -0.05) is 13.8 Å². The van der Waals surface area contributed by atoms with Crippen LogP contribution in [0.4, 0.5) is 8.78 Å². The van der Waals surface area contributed by atoms with E-state index in [1.54, 1.807) is 6.92 Å². The highest BCUT2D eigenvalue weighted by atomic mass is 19.1. The predicted octanol–water partition coefficient (Wildman–Crippen LogP) is 2.86. The molecule has 0 bridgehead atoms. The van der Waals surface area contributed by atoms with E-state index in [-0.39, 0.29) is 11.0 Å². The van der Waals surface area contributed by atoms with E-state index in [4.69, 9.17) is 5.73 Å². The van der Waals surface area contributed by atoms with E-state index in [9.17, 15) is 8.78 Å². The third-order valence-electron chi connectivity index (χ3n) is 3.44. The number of hydrogen-bond donors (Lipinski definition) is 1. The smallest absolute Gasteiger partial charge is 0.131 e. The Morgan fingerprint density at radius 3 is 1.93 bits per heavy atom. The van der Waals surface area contributed by atoms with Crippen molar-refractivity contribution in [1.82, 2.24) is 0 Å². The topological polar surface area (TPSA) is 26.0 Å². The van der Waals surface area contributed by atoms with Crippen LogP contribution in [0.25, 0.3) is 0 Å². The first-order valence-corrected chi connectivity index (χ1v) is 5.03. The van der Waals surface area contributed by atoms with Gasteiger partial charge in [0.1, 0.15) is 11.6 Å². The van der Waals surface area contributed by atoms with Crippen LogP contribution in [0.15, 0.2) is 12.1 Å². The van der Waals surface area contributed by atoms with Crippen molar-refractivity contribution >= 4 is 0 Å². The van der Waals surface area contributed by atoms with Crippen LogP contribution in [0.3, 0.4) is 0 Å². The van der Waals surface area contributed by atoms with Crippen molar-refractivity contribution in [2.75, 3.05) is 0 Å². The van der Waals surface area contributed by atoms with Crippen molar-refractivity contribution in [2.24, 2.45) is 11.1 Å². The highest BCUT2D eigenvalue weighted by Crippen LogP contribution is 2.61. The van der Waals surface area contributed by atoms with Gasteiger partial charge in [-0.25, -0.2) is 8.78 Å². The molecule has 1 fully saturated rings. The van der Waals surface area contributed by atoms with Gasteiger partial charge in [-0.15, -0.1) is 0 Å². The largest absolute Gasteiger partial charge is 0.321 e. The van der Waals surface area contributed by atoms with E-state index in [0.717, 1.165) is 0 Å². The number of rotatable bonds is 1. The second kappa shape index (κ2) is 2.79. The van der Waals surface area contributed by atoms with E-state index in [2.05, 4.69) is 0 Å². The normalized spacial score (nSPS) is 27.9. The third kappa shape index (κ3) is 1.37. The average molecular weight is 211 g/mol. The first-order chi connectivity index (χ1) is 6.78. The number of hydrogen-bond acceptors (Lipinski definition) is 1. The summed E-state index contributed by atoms with van der Waals surface area (Å²) in [5.74, 6) is -1.05. The van der Waals surface area contributed by atoms with E-state index < -0.39 is 17.2 Å². The molecule has 1 saturated carbocycles. The van der Waals surface area contributed by atoms with Crippen molar-refractivity contribution < 1.29 is 8.78 Å². The lowest BCUT2D eigenvalue weighted by Crippen LogP contribution is -2.28. The van der Waals surface area contributed by atoms with E-state index in [1.165, 1.54) is 12.1 Å². The Bertz CT molecular complexity index is 403. The van der Waals surface area contributed by atoms with Crippen LogP contribution in [0.2, 0.25) is 0 Å². The van der Waals surface area contributed by atoms with Crippen molar-refractivity contribution in [2.45, 2.75) is 32.7 Å². The predicted molar refractivity (Wildman–Crippen MR) is 55.4 cm³/mol. The Hall–Kier alpha value is -0.960. The minimum absolute atomic E-state index is 0.0399. The summed E-state index contributed by atoms with van der Waals surface area (Å²) in [5, 5.41) is 0. The molecule has 0 radical (unpaired) electrons. The molecule has 2 rings (SSSR count). The summed E-state index contributed by atoms with van der Waals surface area (Å²) in [5.41, 5.74) is 5.58. The molecule has 15 heavy (non-hydrogen) atoms. The second-order valence-electron chi connectivity index (χ2n) is 5.14. The van der Waals surface area contributed by atoms with Crippen LogP contribution in [-0.4, -0.2) is 0 Å². The van der Waals surface area contributed by atoms with Crippen LogP contribution >= 0.6 is 0 Å². The van der Waals surface area contributed by atoms with Crippen molar-refractivity contribution in [3.63, 3.8) is 0 Å². The molecule has 0 aromatic heterocycles. The monoisotopic (exact) mass is 211 g/mol. The van der Waals surface area contributed by atoms with Gasteiger partial charge >= 0.3 is 0 Å². The highest BCUT2D eigenvalue weighted by Gasteiger charge is 2.61. The molecule has 0 heterocycles. The molecule has 0 saturated heterocycles. The van der Waals surface area contributed by atoms with Crippen molar-refractivity contribution in [3.8, 4) is 0 Å². The van der Waals surface area contributed by atoms with Crippen LogP contribution < -0.4 is 5.73 Å². The van der Waals surface area contributed by atoms with Crippen LogP contribution in [-0.2, 0) is 5.54 Å². The molecular weight excluding hydrogens is 196 g/mol. The molecule has 82 valence electrons. The molecule has 1 atom stereocenters. The quantitative estimate of drug-likeness (QED) is 0.759. The van der Waals surface area contributed by atoms with Crippen molar-refractivity contribution in [1.29, 1.82) is 0 Å². The van der Waals surface area contributed by atoms with Crippen molar-refractivity contribution in [3.05, 3.63) is 34.9 Å². The number of aryl methyl sites for hydroxylation is 1. The Morgan fingerprint density at radius 1 is 1.20 bits per heavy atom. The summed E-state index contributed by atoms with van der Waals surface area (Å²) in [4.78, 5) is 0. The standard InChI is InChI=1S/C12H15F2N/c1-7-4-8(13)10(9(14)5-7)12(15)6-11(12,2)3/h4-5H,6,15H2,1-3H3. The minimum Gasteiger partial charge on any atom is -0.321 e. The molecule has 1 aromatic carbocycles. The molecule has 1 aliphatic carbocycles. The molecule has 2 N–H and O–H groups in total. The Labute approximate surface area is 88.3 Å². The summed E-state index contributed by atoms with van der Waals surface area (Å²) in [6.07, 6.45) is 0.622. The fraction of sp³-hybridized carbons (Fsp3) is 0.500. The first-order valence-electron chi connectivity index (χ1n) is 5.03. The molecule has 3 heteroatoms. The van der Waals surface area contributed by atoms with E-state index >= 15 is 0 Å². The zero-order chi connectivity index (χ0) is 11.4. The SMILES string of the molecule is Cc1cc(F)c(C2(N)CC2(C)C)c(F)c1. The van der Waals surface area contributed by atoms with Gasteiger partial charge in [-0.05, 0) is 36.5 Å². The molecular formula is C12H15F2N. The van der Waals surface area contributed by atoms with Gasteiger partial charge in [0.05, 0.1) is 5.54 Å². The molecule has 1 unspecified atom stereocenters. The first kappa shape index (κ1) is 10.6. The number of halogens is 2. The maximum atomic E-state index is 13.7. The van der Waals surface area contributed by atoms with Gasteiger partial charge in [0, 0.05) is 5.56 Å². The maximum Gasteiger partial charge on any atom is 0.131 e. The molecule has 1 aromatic rings. The summed E-state index contributed by atoms with van der Waals surface area (Å²) in [7, 11) is 0. The fourth-order valence-corrected chi connectivity index (χ4v) is 2.21. The average Bonchev–Trinajstić information content (AvgIpc) is 2.47. The van der Waals surface area contributed by atoms with Gasteiger partial charge in [-0.3, -0.25) is 0 Å². The van der Waals surface area contributed by atoms with Crippen LogP contribution in [0.1, 0.15) is 31.4 Å². The number of benzene rings is 1. The van der Waals surface area contributed by atoms with Gasteiger partial charge in [0.15, 0.2) is 0 Å². The van der Waals surface area contributed by atoms with Gasteiger partial charge < -0.3 is 5.73 Å². The molecule has 0 spiro atoms. The zero-order valence-electron chi connectivity index (χ0n) is 9.20. The Morgan fingerprint density at radius 2 is 1.60 bits per heavy atom. The van der Waals surface area contributed by atoms with Gasteiger partial charge in [0.2, 0.25) is 0 Å². The molecule has 0 amide bonds. The van der Waals surface area contributed by atoms with E-state index in [0.29, 0.717) is 12.0 Å². The summed E-state index contributed by atoms with van der Waals surface area (Å²) in [6.45, 7) is 5.51. The minimum atomic E-state index is -0.838. The van der Waals surface area contributed by atoms with Gasteiger partial charge in [-0.2, -0.15) is 0 Å². The maximum absolute atomic E-state index is 13.7. The molecule has 0 aliphatic heterocycles. The van der Waals surface area contributed by atoms with Crippen LogP contribution in [0, 0.1) is 24.0 Å². The van der Waals surface area contributed by atoms with E-state index in [1.807, 2.05) is 13.8 Å². The second-order valence-corrected chi connectivity index (χ2v) is 5.14. The fourth-order valence-electron chi connectivity index (χ4n) is 2.21. The zero-order valence-corrected chi connectivity index (χ0v) is 9.20. The lowest BCUT2D eigenvalue weighted by Gasteiger charge is -2.17. The lowest BCUT2D eigenvalue weighted by atomic mass is 9.95. The lowest BCUT2D eigenvalue weighted by molar-refractivity contribution is 0.453. The Balaban J connectivity index is 2.56. The summed E-state index contributed by atoms with van der Waals surface area (Å²) >= 11 is 0. The van der Waals surface area contributed by atoms with Gasteiger partial charge in [0.25, 0.3) is 0 Å². The molecule has 1 aliphatic rings. The third-order valence-corrected chi connectivity index (χ3v) is 3.44. The highest BCUT2D eigenvalue weighted by molar-refractivity contribution is 5.39. The Kier molecular flexibility index (Phi) is 1.96. The summed E-state index contributed by atoms with van der Waals surface area (Å²) in [6, 6.07) is 2.67. The van der Waals surface area contributed by atoms with Crippen LogP contribution in [0.5, 0.6) is 0 Å².